The Morgan fingerprint density at radius 2 is 1.86 bits per heavy atom. The molecule has 0 atom stereocenters. The zero-order valence-corrected chi connectivity index (χ0v) is 12.3. The third-order valence-electron chi connectivity index (χ3n) is 4.30. The lowest BCUT2D eigenvalue weighted by molar-refractivity contribution is 0.0703. The quantitative estimate of drug-likeness (QED) is 0.921. The van der Waals surface area contributed by atoms with Gasteiger partial charge in [-0.2, -0.15) is 0 Å². The van der Waals surface area contributed by atoms with E-state index in [1.54, 1.807) is 16.8 Å². The number of hydrogen-bond donors (Lipinski definition) is 1. The molecule has 0 aliphatic carbocycles. The Kier molecular flexibility index (Phi) is 3.69. The molecule has 110 valence electrons. The summed E-state index contributed by atoms with van der Waals surface area (Å²) in [6.07, 6.45) is 3.83. The lowest BCUT2D eigenvalue weighted by atomic mass is 9.89. The second kappa shape index (κ2) is 5.64. The average Bonchev–Trinajstić information content (AvgIpc) is 2.86. The topological polar surface area (TPSA) is 51.3 Å². The molecule has 0 radical (unpaired) electrons. The van der Waals surface area contributed by atoms with Gasteiger partial charge in [-0.15, -0.1) is 0 Å². The van der Waals surface area contributed by atoms with E-state index in [2.05, 4.69) is 24.3 Å². The SMILES string of the molecule is Cn1cc(N)cc1C(=O)N1CCC(c2ccccc2)CC1. The lowest BCUT2D eigenvalue weighted by Gasteiger charge is -2.32. The molecule has 1 saturated heterocycles. The van der Waals surface area contributed by atoms with Gasteiger partial charge in [-0.1, -0.05) is 30.3 Å². The molecule has 0 saturated carbocycles. The number of likely N-dealkylation sites (tertiary alicyclic amines) is 1. The molecule has 1 aromatic heterocycles. The Labute approximate surface area is 125 Å². The summed E-state index contributed by atoms with van der Waals surface area (Å²) < 4.78 is 1.81. The molecule has 1 fully saturated rings. The van der Waals surface area contributed by atoms with Gasteiger partial charge in [-0.25, -0.2) is 0 Å². The van der Waals surface area contributed by atoms with E-state index in [4.69, 9.17) is 5.73 Å². The van der Waals surface area contributed by atoms with Crippen molar-refractivity contribution < 1.29 is 4.79 Å². The number of benzene rings is 1. The molecule has 21 heavy (non-hydrogen) atoms. The Bertz CT molecular complexity index is 625. The summed E-state index contributed by atoms with van der Waals surface area (Å²) in [7, 11) is 1.86. The van der Waals surface area contributed by atoms with Crippen LogP contribution >= 0.6 is 0 Å². The van der Waals surface area contributed by atoms with Crippen LogP contribution in [0.2, 0.25) is 0 Å². The zero-order chi connectivity index (χ0) is 14.8. The maximum atomic E-state index is 12.5. The predicted octanol–water partition coefficient (Wildman–Crippen LogP) is 2.63. The normalized spacial score (nSPS) is 16.1. The second-order valence-corrected chi connectivity index (χ2v) is 5.75. The predicted molar refractivity (Wildman–Crippen MR) is 84.1 cm³/mol. The van der Waals surface area contributed by atoms with Crippen LogP contribution in [0.3, 0.4) is 0 Å². The van der Waals surface area contributed by atoms with Crippen molar-refractivity contribution in [2.75, 3.05) is 18.8 Å². The third-order valence-corrected chi connectivity index (χ3v) is 4.30. The molecule has 1 aromatic carbocycles. The number of rotatable bonds is 2. The zero-order valence-electron chi connectivity index (χ0n) is 12.3. The molecule has 1 aliphatic rings. The van der Waals surface area contributed by atoms with Gasteiger partial charge in [0.1, 0.15) is 5.69 Å². The van der Waals surface area contributed by atoms with E-state index in [1.807, 2.05) is 18.0 Å². The van der Waals surface area contributed by atoms with Crippen molar-refractivity contribution in [3.05, 3.63) is 53.9 Å². The van der Waals surface area contributed by atoms with Crippen LogP contribution in [-0.2, 0) is 7.05 Å². The number of anilines is 1. The molecule has 1 amide bonds. The van der Waals surface area contributed by atoms with Crippen LogP contribution in [0.15, 0.2) is 42.6 Å². The van der Waals surface area contributed by atoms with E-state index in [1.165, 1.54) is 5.56 Å². The fourth-order valence-electron chi connectivity index (χ4n) is 3.11. The maximum Gasteiger partial charge on any atom is 0.270 e. The van der Waals surface area contributed by atoms with Crippen LogP contribution in [0.5, 0.6) is 0 Å². The van der Waals surface area contributed by atoms with Gasteiger partial charge in [-0.3, -0.25) is 4.79 Å². The summed E-state index contributed by atoms with van der Waals surface area (Å²) >= 11 is 0. The molecule has 3 rings (SSSR count). The molecule has 1 aliphatic heterocycles. The molecule has 4 heteroatoms. The van der Waals surface area contributed by atoms with Gasteiger partial charge in [0, 0.05) is 26.3 Å². The van der Waals surface area contributed by atoms with Crippen LogP contribution in [-0.4, -0.2) is 28.5 Å². The van der Waals surface area contributed by atoms with Crippen LogP contribution in [0.4, 0.5) is 5.69 Å². The molecular formula is C17H21N3O. The summed E-state index contributed by atoms with van der Waals surface area (Å²) in [6.45, 7) is 1.62. The molecule has 4 nitrogen and oxygen atoms in total. The molecule has 0 spiro atoms. The first-order chi connectivity index (χ1) is 10.1. The number of aromatic nitrogens is 1. The summed E-state index contributed by atoms with van der Waals surface area (Å²) in [5.74, 6) is 0.648. The fraction of sp³-hybridized carbons (Fsp3) is 0.353. The van der Waals surface area contributed by atoms with E-state index in [-0.39, 0.29) is 5.91 Å². The van der Waals surface area contributed by atoms with Crippen molar-refractivity contribution in [2.45, 2.75) is 18.8 Å². The molecule has 2 heterocycles. The summed E-state index contributed by atoms with van der Waals surface area (Å²) in [5.41, 5.74) is 8.45. The molecular weight excluding hydrogens is 262 g/mol. The number of nitrogen functional groups attached to an aromatic ring is 1. The summed E-state index contributed by atoms with van der Waals surface area (Å²) in [4.78, 5) is 14.5. The number of piperidine rings is 1. The van der Waals surface area contributed by atoms with Crippen molar-refractivity contribution in [1.29, 1.82) is 0 Å². The monoisotopic (exact) mass is 283 g/mol. The second-order valence-electron chi connectivity index (χ2n) is 5.75. The number of hydrogen-bond acceptors (Lipinski definition) is 2. The fourth-order valence-corrected chi connectivity index (χ4v) is 3.11. The minimum absolute atomic E-state index is 0.0840. The average molecular weight is 283 g/mol. The van der Waals surface area contributed by atoms with Gasteiger partial charge >= 0.3 is 0 Å². The van der Waals surface area contributed by atoms with E-state index >= 15 is 0 Å². The minimum atomic E-state index is 0.0840. The van der Waals surface area contributed by atoms with E-state index in [9.17, 15) is 4.79 Å². The highest BCUT2D eigenvalue weighted by molar-refractivity contribution is 5.93. The van der Waals surface area contributed by atoms with Crippen molar-refractivity contribution in [3.63, 3.8) is 0 Å². The van der Waals surface area contributed by atoms with Crippen LogP contribution in [0.1, 0.15) is 34.8 Å². The number of nitrogens with zero attached hydrogens (tertiary/aromatic N) is 2. The number of nitrogens with two attached hydrogens (primary N) is 1. The van der Waals surface area contributed by atoms with Crippen LogP contribution in [0.25, 0.3) is 0 Å². The summed E-state index contributed by atoms with van der Waals surface area (Å²) in [5, 5.41) is 0. The Balaban J connectivity index is 1.66. The standard InChI is InChI=1S/C17H21N3O/c1-19-12-15(18)11-16(19)17(21)20-9-7-14(8-10-20)13-5-3-2-4-6-13/h2-6,11-12,14H,7-10,18H2,1H3. The maximum absolute atomic E-state index is 12.5. The Morgan fingerprint density at radius 1 is 1.19 bits per heavy atom. The molecule has 2 N–H and O–H groups in total. The Hall–Kier alpha value is -2.23. The van der Waals surface area contributed by atoms with Gasteiger partial charge in [0.25, 0.3) is 5.91 Å². The molecule has 2 aromatic rings. The van der Waals surface area contributed by atoms with Gasteiger partial charge in [0.15, 0.2) is 0 Å². The van der Waals surface area contributed by atoms with Crippen molar-refractivity contribution in [3.8, 4) is 0 Å². The van der Waals surface area contributed by atoms with Gasteiger partial charge in [-0.05, 0) is 30.4 Å². The van der Waals surface area contributed by atoms with E-state index in [0.29, 0.717) is 17.3 Å². The molecule has 0 unspecified atom stereocenters. The first-order valence-corrected chi connectivity index (χ1v) is 7.41. The Morgan fingerprint density at radius 3 is 2.43 bits per heavy atom. The van der Waals surface area contributed by atoms with Crippen molar-refractivity contribution in [2.24, 2.45) is 7.05 Å². The number of aryl methyl sites for hydroxylation is 1. The number of carbonyl (C=O) groups is 1. The highest BCUT2D eigenvalue weighted by Gasteiger charge is 2.25. The lowest BCUT2D eigenvalue weighted by Crippen LogP contribution is -2.38. The number of amides is 1. The third kappa shape index (κ3) is 2.79. The van der Waals surface area contributed by atoms with Crippen LogP contribution in [0, 0.1) is 0 Å². The van der Waals surface area contributed by atoms with Gasteiger partial charge in [0.2, 0.25) is 0 Å². The van der Waals surface area contributed by atoms with Gasteiger partial charge in [0.05, 0.1) is 5.69 Å². The molecule has 0 bridgehead atoms. The van der Waals surface area contributed by atoms with Gasteiger partial charge < -0.3 is 15.2 Å². The highest BCUT2D eigenvalue weighted by atomic mass is 16.2. The van der Waals surface area contributed by atoms with E-state index < -0.39 is 0 Å². The largest absolute Gasteiger partial charge is 0.397 e. The highest BCUT2D eigenvalue weighted by Crippen LogP contribution is 2.28. The van der Waals surface area contributed by atoms with E-state index in [0.717, 1.165) is 25.9 Å². The van der Waals surface area contributed by atoms with Crippen molar-refractivity contribution >= 4 is 11.6 Å². The smallest absolute Gasteiger partial charge is 0.270 e. The minimum Gasteiger partial charge on any atom is -0.397 e. The summed E-state index contributed by atoms with van der Waals surface area (Å²) in [6, 6.07) is 12.3. The van der Waals surface area contributed by atoms with Crippen molar-refractivity contribution in [1.82, 2.24) is 9.47 Å². The van der Waals surface area contributed by atoms with Crippen LogP contribution < -0.4 is 5.73 Å². The number of carbonyl (C=O) groups excluding carboxylic acids is 1. The first kappa shape index (κ1) is 13.7. The first-order valence-electron chi connectivity index (χ1n) is 7.41.